The van der Waals surface area contributed by atoms with Gasteiger partial charge in [0, 0.05) is 11.3 Å². The van der Waals surface area contributed by atoms with Gasteiger partial charge in [-0.25, -0.2) is 0 Å². The van der Waals surface area contributed by atoms with Crippen LogP contribution in [0, 0.1) is 5.41 Å². The van der Waals surface area contributed by atoms with Crippen LogP contribution in [0.4, 0.5) is 0 Å². The molecule has 0 saturated carbocycles. The highest BCUT2D eigenvalue weighted by molar-refractivity contribution is 6.18. The van der Waals surface area contributed by atoms with Crippen molar-refractivity contribution in [2.24, 2.45) is 5.41 Å². The minimum Gasteiger partial charge on any atom is -0.376 e. The van der Waals surface area contributed by atoms with E-state index in [2.05, 4.69) is 24.3 Å². The molecule has 16 heavy (non-hydrogen) atoms. The van der Waals surface area contributed by atoms with Crippen molar-refractivity contribution in [2.75, 3.05) is 12.5 Å². The van der Waals surface area contributed by atoms with E-state index in [-0.39, 0.29) is 5.41 Å². The van der Waals surface area contributed by atoms with Gasteiger partial charge in [-0.3, -0.25) is 0 Å². The summed E-state index contributed by atoms with van der Waals surface area (Å²) >= 11 is 6.03. The number of benzene rings is 1. The molecule has 0 amide bonds. The van der Waals surface area contributed by atoms with Gasteiger partial charge in [-0.15, -0.1) is 11.6 Å². The molecule has 0 fully saturated rings. The van der Waals surface area contributed by atoms with E-state index in [1.165, 1.54) is 5.56 Å². The lowest BCUT2D eigenvalue weighted by Crippen LogP contribution is -2.25. The Balaban J connectivity index is 1.79. The zero-order chi connectivity index (χ0) is 11.3. The number of ether oxygens (including phenoxy) is 1. The molecule has 2 rings (SSSR count). The van der Waals surface area contributed by atoms with Gasteiger partial charge in [0.2, 0.25) is 0 Å². The molecular formula is C14H17ClO. The van der Waals surface area contributed by atoms with Crippen LogP contribution in [0.5, 0.6) is 0 Å². The zero-order valence-electron chi connectivity index (χ0n) is 9.36. The van der Waals surface area contributed by atoms with Crippen LogP contribution in [-0.2, 0) is 11.3 Å². The summed E-state index contributed by atoms with van der Waals surface area (Å²) < 4.78 is 5.77. The first-order valence-corrected chi connectivity index (χ1v) is 6.21. The minimum absolute atomic E-state index is 0.149. The van der Waals surface area contributed by atoms with Gasteiger partial charge < -0.3 is 4.74 Å². The number of allylic oxidation sites excluding steroid dienone is 2. The largest absolute Gasteiger partial charge is 0.376 e. The summed E-state index contributed by atoms with van der Waals surface area (Å²) in [5.74, 6) is 0.675. The first-order valence-electron chi connectivity index (χ1n) is 5.67. The molecule has 0 N–H and O–H groups in total. The van der Waals surface area contributed by atoms with E-state index >= 15 is 0 Å². The maximum absolute atomic E-state index is 6.03. The molecular weight excluding hydrogens is 220 g/mol. The predicted molar refractivity (Wildman–Crippen MR) is 67.6 cm³/mol. The third kappa shape index (κ3) is 2.87. The van der Waals surface area contributed by atoms with Crippen molar-refractivity contribution in [1.82, 2.24) is 0 Å². The molecule has 0 aromatic heterocycles. The highest BCUT2D eigenvalue weighted by Gasteiger charge is 2.30. The van der Waals surface area contributed by atoms with Gasteiger partial charge in [0.15, 0.2) is 0 Å². The Bertz CT molecular complexity index is 337. The Morgan fingerprint density at radius 2 is 1.81 bits per heavy atom. The second-order valence-corrected chi connectivity index (χ2v) is 4.76. The molecule has 0 unspecified atom stereocenters. The van der Waals surface area contributed by atoms with E-state index in [4.69, 9.17) is 16.3 Å². The van der Waals surface area contributed by atoms with Crippen LogP contribution in [0.3, 0.4) is 0 Å². The van der Waals surface area contributed by atoms with Gasteiger partial charge in [-0.2, -0.15) is 0 Å². The molecule has 0 radical (unpaired) electrons. The smallest absolute Gasteiger partial charge is 0.0717 e. The van der Waals surface area contributed by atoms with Crippen molar-refractivity contribution in [1.29, 1.82) is 0 Å². The molecule has 86 valence electrons. The molecule has 0 atom stereocenters. The molecule has 1 aliphatic carbocycles. The second kappa shape index (κ2) is 5.51. The lowest BCUT2D eigenvalue weighted by molar-refractivity contribution is 0.0502. The Labute approximate surface area is 102 Å². The van der Waals surface area contributed by atoms with E-state index in [1.807, 2.05) is 18.2 Å². The van der Waals surface area contributed by atoms with Crippen LogP contribution in [0.25, 0.3) is 0 Å². The van der Waals surface area contributed by atoms with Crippen molar-refractivity contribution < 1.29 is 4.74 Å². The van der Waals surface area contributed by atoms with Gasteiger partial charge in [0.05, 0.1) is 13.2 Å². The van der Waals surface area contributed by atoms with Crippen molar-refractivity contribution in [3.05, 3.63) is 48.0 Å². The van der Waals surface area contributed by atoms with E-state index in [0.29, 0.717) is 12.5 Å². The van der Waals surface area contributed by atoms with Crippen molar-refractivity contribution in [3.63, 3.8) is 0 Å². The monoisotopic (exact) mass is 236 g/mol. The normalized spacial score (nSPS) is 17.8. The lowest BCUT2D eigenvalue weighted by atomic mass is 9.89. The van der Waals surface area contributed by atoms with Crippen LogP contribution in [0.1, 0.15) is 18.4 Å². The lowest BCUT2D eigenvalue weighted by Gasteiger charge is -2.25. The average Bonchev–Trinajstić information content (AvgIpc) is 2.80. The summed E-state index contributed by atoms with van der Waals surface area (Å²) in [6.45, 7) is 1.43. The van der Waals surface area contributed by atoms with Crippen molar-refractivity contribution in [2.45, 2.75) is 19.4 Å². The second-order valence-electron chi connectivity index (χ2n) is 4.49. The number of hydrogen-bond donors (Lipinski definition) is 0. The van der Waals surface area contributed by atoms with Crippen LogP contribution in [-0.4, -0.2) is 12.5 Å². The SMILES string of the molecule is ClCC1(COCc2ccccc2)CC=CC1. The molecule has 0 spiro atoms. The third-order valence-corrected chi connectivity index (χ3v) is 3.64. The summed E-state index contributed by atoms with van der Waals surface area (Å²) in [4.78, 5) is 0. The fraction of sp³-hybridized carbons (Fsp3) is 0.429. The molecule has 0 bridgehead atoms. The van der Waals surface area contributed by atoms with Gasteiger partial charge >= 0.3 is 0 Å². The molecule has 1 aliphatic rings. The summed E-state index contributed by atoms with van der Waals surface area (Å²) in [5, 5.41) is 0. The standard InChI is InChI=1S/C14H17ClO/c15-11-14(8-4-5-9-14)12-16-10-13-6-2-1-3-7-13/h1-7H,8-12H2. The van der Waals surface area contributed by atoms with Crippen LogP contribution < -0.4 is 0 Å². The predicted octanol–water partition coefficient (Wildman–Crippen LogP) is 3.78. The summed E-state index contributed by atoms with van der Waals surface area (Å²) in [7, 11) is 0. The Hall–Kier alpha value is -0.790. The third-order valence-electron chi connectivity index (χ3n) is 3.07. The topological polar surface area (TPSA) is 9.23 Å². The average molecular weight is 237 g/mol. The van der Waals surface area contributed by atoms with Crippen LogP contribution in [0.15, 0.2) is 42.5 Å². The van der Waals surface area contributed by atoms with Gasteiger partial charge in [0.1, 0.15) is 0 Å². The molecule has 1 nitrogen and oxygen atoms in total. The van der Waals surface area contributed by atoms with Crippen molar-refractivity contribution >= 4 is 11.6 Å². The number of hydrogen-bond acceptors (Lipinski definition) is 1. The first kappa shape index (κ1) is 11.7. The molecule has 0 aliphatic heterocycles. The molecule has 1 aromatic rings. The molecule has 0 saturated heterocycles. The maximum atomic E-state index is 6.03. The van der Waals surface area contributed by atoms with Crippen molar-refractivity contribution in [3.8, 4) is 0 Å². The molecule has 2 heteroatoms. The molecule has 0 heterocycles. The maximum Gasteiger partial charge on any atom is 0.0717 e. The number of halogens is 1. The van der Waals surface area contributed by atoms with Gasteiger partial charge in [-0.05, 0) is 18.4 Å². The fourth-order valence-electron chi connectivity index (χ4n) is 1.98. The Kier molecular flexibility index (Phi) is 4.03. The minimum atomic E-state index is 0.149. The molecule has 1 aromatic carbocycles. The summed E-state index contributed by atoms with van der Waals surface area (Å²) in [6.07, 6.45) is 6.50. The van der Waals surface area contributed by atoms with Gasteiger partial charge in [0.25, 0.3) is 0 Å². The number of alkyl halides is 1. The van der Waals surface area contributed by atoms with E-state index in [0.717, 1.165) is 19.4 Å². The fourth-order valence-corrected chi connectivity index (χ4v) is 2.27. The highest BCUT2D eigenvalue weighted by Crippen LogP contribution is 2.34. The zero-order valence-corrected chi connectivity index (χ0v) is 10.1. The number of rotatable bonds is 5. The van der Waals surface area contributed by atoms with Gasteiger partial charge in [-0.1, -0.05) is 42.5 Å². The highest BCUT2D eigenvalue weighted by atomic mass is 35.5. The summed E-state index contributed by atoms with van der Waals surface area (Å²) in [6, 6.07) is 10.3. The quantitative estimate of drug-likeness (QED) is 0.559. The Morgan fingerprint density at radius 1 is 1.12 bits per heavy atom. The van der Waals surface area contributed by atoms with Crippen LogP contribution in [0.2, 0.25) is 0 Å². The summed E-state index contributed by atoms with van der Waals surface area (Å²) in [5.41, 5.74) is 1.37. The first-order chi connectivity index (χ1) is 7.85. The van der Waals surface area contributed by atoms with E-state index in [1.54, 1.807) is 0 Å². The van der Waals surface area contributed by atoms with E-state index in [9.17, 15) is 0 Å². The van der Waals surface area contributed by atoms with E-state index < -0.39 is 0 Å². The Morgan fingerprint density at radius 3 is 2.44 bits per heavy atom. The van der Waals surface area contributed by atoms with Crippen LogP contribution >= 0.6 is 11.6 Å².